The maximum absolute atomic E-state index is 13.4. The number of aromatic nitrogens is 1. The van der Waals surface area contributed by atoms with Crippen LogP contribution in [0.1, 0.15) is 38.7 Å². The molecule has 1 aromatic heterocycles. The normalized spacial score (nSPS) is 12.9. The first-order valence-electron chi connectivity index (χ1n) is 16.1. The molecule has 0 aliphatic carbocycles. The molecule has 2 aromatic carbocycles. The Labute approximate surface area is 313 Å². The van der Waals surface area contributed by atoms with Crippen molar-refractivity contribution in [3.63, 3.8) is 0 Å². The zero-order chi connectivity index (χ0) is 42.3. The fourth-order valence-electron chi connectivity index (χ4n) is 4.74. The minimum Gasteiger partial charge on any atom is -0.481 e. The van der Waals surface area contributed by atoms with Gasteiger partial charge in [-0.3, -0.25) is 43.7 Å². The van der Waals surface area contributed by atoms with Gasteiger partial charge in [0.2, 0.25) is 29.5 Å². The average Bonchev–Trinajstić information content (AvgIpc) is 3.51. The Morgan fingerprint density at radius 3 is 1.89 bits per heavy atom. The van der Waals surface area contributed by atoms with Crippen molar-refractivity contribution in [3.8, 4) is 0 Å². The monoisotopic (exact) mass is 795 g/mol. The van der Waals surface area contributed by atoms with Crippen molar-refractivity contribution in [2.45, 2.75) is 69.9 Å². The van der Waals surface area contributed by atoms with Crippen molar-refractivity contribution in [2.75, 3.05) is 5.32 Å². The SMILES string of the molecule is CC(=O)N[C@@H](Cc1c[nH]c2ccccc12)C(=O)N[C@@H](CCC(=O)O)C(=O)N[C@@H](C)C(=O)N[C@@H](CC(=O)O)C(=O)Nc1ccc([N+](=O)[O-])cc1.O=C(O)C(F)(F)F. The fraction of sp³-hybridized carbons (Fsp3) is 0.333. The Hall–Kier alpha value is -7.07. The molecule has 0 aliphatic rings. The third-order valence-electron chi connectivity index (χ3n) is 7.42. The van der Waals surface area contributed by atoms with Gasteiger partial charge in [-0.05, 0) is 37.1 Å². The number of aliphatic carboxylic acids is 3. The second kappa shape index (κ2) is 20.4. The molecule has 0 radical (unpaired) electrons. The Bertz CT molecular complexity index is 1950. The molecule has 0 aliphatic heterocycles. The highest BCUT2D eigenvalue weighted by atomic mass is 19.4. The molecule has 3 aromatic rings. The standard InChI is InChI=1S/C31H35N7O11.C2HF3O2/c1-16(28(44)37-25(14-27(42)43)30(46)35-19-7-9-20(10-8-19)38(48)49)33-29(45)23(11-12-26(40)41)36-31(47)24(34-17(2)39)13-18-15-32-22-6-4-3-5-21(18)22;3-2(4,5)1(6)7/h3-10,15-16,23-25,32H,11-14H2,1-2H3,(H,33,45)(H,34,39)(H,35,46)(H,36,47)(H,37,44)(H,40,41)(H,42,43);(H,6,7)/t16-,23-,24-,25-;/m0./s1. The fourth-order valence-corrected chi connectivity index (χ4v) is 4.74. The van der Waals surface area contributed by atoms with Crippen LogP contribution in [0.2, 0.25) is 0 Å². The number of benzene rings is 2. The maximum Gasteiger partial charge on any atom is 0.490 e. The number of anilines is 1. The quantitative estimate of drug-likeness (QED) is 0.0686. The number of nitrogens with zero attached hydrogens (tertiary/aromatic N) is 1. The van der Waals surface area contributed by atoms with Crippen LogP contribution >= 0.6 is 0 Å². The van der Waals surface area contributed by atoms with Crippen molar-refractivity contribution in [1.82, 2.24) is 26.3 Å². The highest BCUT2D eigenvalue weighted by Crippen LogP contribution is 2.20. The number of para-hydroxylation sites is 1. The maximum atomic E-state index is 13.4. The molecule has 0 bridgehead atoms. The number of nitro groups is 1. The smallest absolute Gasteiger partial charge is 0.481 e. The lowest BCUT2D eigenvalue weighted by atomic mass is 10.0. The molecular formula is C33H36F3N7O13. The molecule has 0 saturated carbocycles. The number of fused-ring (bicyclic) bond motifs is 1. The van der Waals surface area contributed by atoms with E-state index in [2.05, 4.69) is 31.6 Å². The minimum absolute atomic E-state index is 0.0222. The van der Waals surface area contributed by atoms with Crippen LogP contribution in [0, 0.1) is 10.1 Å². The summed E-state index contributed by atoms with van der Waals surface area (Å²) in [6.45, 7) is 2.42. The van der Waals surface area contributed by atoms with Crippen LogP contribution in [0.25, 0.3) is 10.9 Å². The summed E-state index contributed by atoms with van der Waals surface area (Å²) in [5.41, 5.74) is 1.31. The molecule has 9 N–H and O–H groups in total. The molecule has 0 unspecified atom stereocenters. The lowest BCUT2D eigenvalue weighted by Crippen LogP contribution is -2.57. The summed E-state index contributed by atoms with van der Waals surface area (Å²) >= 11 is 0. The predicted octanol–water partition coefficient (Wildman–Crippen LogP) is 1.21. The number of aromatic amines is 1. The van der Waals surface area contributed by atoms with E-state index in [1.165, 1.54) is 26.0 Å². The summed E-state index contributed by atoms with van der Waals surface area (Å²) in [6, 6.07) is 6.22. The summed E-state index contributed by atoms with van der Waals surface area (Å²) in [6.07, 6.45) is -5.18. The van der Waals surface area contributed by atoms with E-state index in [0.29, 0.717) is 5.56 Å². The van der Waals surface area contributed by atoms with E-state index >= 15 is 0 Å². The van der Waals surface area contributed by atoms with E-state index in [0.717, 1.165) is 23.0 Å². The largest absolute Gasteiger partial charge is 0.490 e. The number of hydrogen-bond donors (Lipinski definition) is 9. The molecule has 3 rings (SSSR count). The van der Waals surface area contributed by atoms with Crippen molar-refractivity contribution in [3.05, 3.63) is 70.4 Å². The first-order valence-corrected chi connectivity index (χ1v) is 16.1. The van der Waals surface area contributed by atoms with Gasteiger partial charge in [0, 0.05) is 54.7 Å². The van der Waals surface area contributed by atoms with E-state index in [9.17, 15) is 67.1 Å². The van der Waals surface area contributed by atoms with Gasteiger partial charge in [0.15, 0.2) is 0 Å². The predicted molar refractivity (Wildman–Crippen MR) is 186 cm³/mol. The Kier molecular flexibility index (Phi) is 16.4. The molecule has 20 nitrogen and oxygen atoms in total. The highest BCUT2D eigenvalue weighted by Gasteiger charge is 2.38. The number of nitrogens with one attached hydrogen (secondary N) is 6. The average molecular weight is 796 g/mol. The Balaban J connectivity index is 0.00000141. The first kappa shape index (κ1) is 45.1. The number of carboxylic acids is 3. The number of halogens is 3. The van der Waals surface area contributed by atoms with E-state index < -0.39 is 95.6 Å². The first-order chi connectivity index (χ1) is 26.1. The van der Waals surface area contributed by atoms with Gasteiger partial charge in [-0.2, -0.15) is 13.2 Å². The zero-order valence-electron chi connectivity index (χ0n) is 29.3. The van der Waals surface area contributed by atoms with Gasteiger partial charge < -0.3 is 46.9 Å². The molecule has 4 atom stereocenters. The molecule has 5 amide bonds. The van der Waals surface area contributed by atoms with Crippen LogP contribution in [0.4, 0.5) is 24.5 Å². The molecular weight excluding hydrogens is 759 g/mol. The number of non-ortho nitro benzene ring substituents is 1. The summed E-state index contributed by atoms with van der Waals surface area (Å²) in [5, 5.41) is 49.2. The second-order valence-corrected chi connectivity index (χ2v) is 11.8. The van der Waals surface area contributed by atoms with E-state index in [1.807, 2.05) is 18.2 Å². The van der Waals surface area contributed by atoms with Gasteiger partial charge in [0.1, 0.15) is 24.2 Å². The third-order valence-corrected chi connectivity index (χ3v) is 7.42. The summed E-state index contributed by atoms with van der Waals surface area (Å²) in [5.74, 6) is -9.73. The Morgan fingerprint density at radius 2 is 1.36 bits per heavy atom. The topological polar surface area (TPSA) is 316 Å². The molecule has 0 fully saturated rings. The molecule has 1 heterocycles. The van der Waals surface area contributed by atoms with Crippen molar-refractivity contribution >= 4 is 69.7 Å². The second-order valence-electron chi connectivity index (χ2n) is 11.8. The van der Waals surface area contributed by atoms with Crippen molar-refractivity contribution in [2.24, 2.45) is 0 Å². The zero-order valence-corrected chi connectivity index (χ0v) is 29.3. The molecule has 0 spiro atoms. The molecule has 23 heteroatoms. The van der Waals surface area contributed by atoms with Gasteiger partial charge in [-0.25, -0.2) is 4.79 Å². The number of alkyl halides is 3. The summed E-state index contributed by atoms with van der Waals surface area (Å²) in [4.78, 5) is 109. The third kappa shape index (κ3) is 14.7. The van der Waals surface area contributed by atoms with Crippen LogP contribution in [0.5, 0.6) is 0 Å². The number of amides is 5. The highest BCUT2D eigenvalue weighted by molar-refractivity contribution is 6.00. The number of H-pyrrole nitrogens is 1. The van der Waals surface area contributed by atoms with Gasteiger partial charge in [-0.1, -0.05) is 18.2 Å². The van der Waals surface area contributed by atoms with Crippen molar-refractivity contribution < 1.29 is 71.8 Å². The van der Waals surface area contributed by atoms with Gasteiger partial charge >= 0.3 is 24.1 Å². The Morgan fingerprint density at radius 1 is 0.786 bits per heavy atom. The van der Waals surface area contributed by atoms with Crippen LogP contribution in [-0.2, 0) is 44.8 Å². The molecule has 0 saturated heterocycles. The lowest BCUT2D eigenvalue weighted by Gasteiger charge is -2.24. The minimum atomic E-state index is -5.08. The number of nitro benzene ring substituents is 1. The number of carbonyl (C=O) groups is 8. The lowest BCUT2D eigenvalue weighted by molar-refractivity contribution is -0.384. The number of rotatable bonds is 17. The number of carboxylic acid groups (broad SMARTS) is 3. The number of carbonyl (C=O) groups excluding carboxylic acids is 5. The summed E-state index contributed by atoms with van der Waals surface area (Å²) in [7, 11) is 0. The van der Waals surface area contributed by atoms with Gasteiger partial charge in [0.25, 0.3) is 5.69 Å². The van der Waals surface area contributed by atoms with E-state index in [4.69, 9.17) is 9.90 Å². The van der Waals surface area contributed by atoms with Crippen LogP contribution in [-0.4, -0.2) is 103 Å². The van der Waals surface area contributed by atoms with Gasteiger partial charge in [0.05, 0.1) is 11.3 Å². The van der Waals surface area contributed by atoms with Crippen LogP contribution in [0.15, 0.2) is 54.7 Å². The number of hydrogen-bond acceptors (Lipinski definition) is 10. The molecule has 302 valence electrons. The molecule has 56 heavy (non-hydrogen) atoms. The van der Waals surface area contributed by atoms with Gasteiger partial charge in [-0.15, -0.1) is 0 Å². The summed E-state index contributed by atoms with van der Waals surface area (Å²) < 4.78 is 31.7. The van der Waals surface area contributed by atoms with Crippen LogP contribution < -0.4 is 26.6 Å². The van der Waals surface area contributed by atoms with Crippen molar-refractivity contribution in [1.29, 1.82) is 0 Å². The van der Waals surface area contributed by atoms with E-state index in [-0.39, 0.29) is 24.2 Å². The van der Waals surface area contributed by atoms with Crippen LogP contribution in [0.3, 0.4) is 0 Å². The van der Waals surface area contributed by atoms with E-state index in [1.54, 1.807) is 12.3 Å².